The third-order valence-corrected chi connectivity index (χ3v) is 6.32. The quantitative estimate of drug-likeness (QED) is 0.616. The van der Waals surface area contributed by atoms with Gasteiger partial charge in [-0.3, -0.25) is 19.3 Å². The Balaban J connectivity index is 1.67. The Morgan fingerprint density at radius 1 is 1.06 bits per heavy atom. The monoisotopic (exact) mass is 420 g/mol. The number of rotatable bonds is 8. The molecule has 0 N–H and O–H groups in total. The topological polar surface area (TPSA) is 66.9 Å². The predicted molar refractivity (Wildman–Crippen MR) is 117 cm³/mol. The van der Waals surface area contributed by atoms with Crippen molar-refractivity contribution >= 4 is 17.7 Å². The lowest BCUT2D eigenvalue weighted by atomic mass is 9.75. The van der Waals surface area contributed by atoms with E-state index in [4.69, 9.17) is 4.74 Å². The average Bonchev–Trinajstić information content (AvgIpc) is 3.58. The summed E-state index contributed by atoms with van der Waals surface area (Å²) >= 11 is 0. The second-order valence-corrected chi connectivity index (χ2v) is 8.49. The summed E-state index contributed by atoms with van der Waals surface area (Å²) < 4.78 is 5.07. The van der Waals surface area contributed by atoms with Crippen molar-refractivity contribution in [2.75, 3.05) is 27.3 Å². The van der Waals surface area contributed by atoms with Crippen LogP contribution in [-0.4, -0.2) is 60.9 Å². The van der Waals surface area contributed by atoms with Crippen molar-refractivity contribution in [3.8, 4) is 11.1 Å². The largest absolute Gasteiger partial charge is 0.383 e. The highest BCUT2D eigenvalue weighted by molar-refractivity contribution is 6.11. The SMILES string of the molecule is COCCN(C)C(=O)CC1(c2ccc(-c3ccccc3)cc2)CC(=O)N(C2CC2)C1=O. The minimum Gasteiger partial charge on any atom is -0.383 e. The lowest BCUT2D eigenvalue weighted by Crippen LogP contribution is -2.43. The first-order chi connectivity index (χ1) is 15.0. The number of hydrogen-bond acceptors (Lipinski definition) is 4. The van der Waals surface area contributed by atoms with Gasteiger partial charge in [0.25, 0.3) is 0 Å². The number of carbonyl (C=O) groups is 3. The van der Waals surface area contributed by atoms with Crippen LogP contribution in [0.5, 0.6) is 0 Å². The summed E-state index contributed by atoms with van der Waals surface area (Å²) in [5, 5.41) is 0. The molecule has 4 rings (SSSR count). The molecule has 0 aromatic heterocycles. The third kappa shape index (κ3) is 4.12. The van der Waals surface area contributed by atoms with Crippen molar-refractivity contribution in [1.82, 2.24) is 9.80 Å². The summed E-state index contributed by atoms with van der Waals surface area (Å²) in [5.41, 5.74) is 1.68. The van der Waals surface area contributed by atoms with E-state index in [9.17, 15) is 14.4 Å². The van der Waals surface area contributed by atoms with Gasteiger partial charge in [0.1, 0.15) is 0 Å². The second kappa shape index (κ2) is 8.63. The molecule has 31 heavy (non-hydrogen) atoms. The lowest BCUT2D eigenvalue weighted by Gasteiger charge is -2.29. The maximum atomic E-state index is 13.6. The van der Waals surface area contributed by atoms with Gasteiger partial charge in [-0.25, -0.2) is 0 Å². The number of nitrogens with zero attached hydrogens (tertiary/aromatic N) is 2. The van der Waals surface area contributed by atoms with Crippen LogP contribution in [0, 0.1) is 0 Å². The van der Waals surface area contributed by atoms with Crippen LogP contribution < -0.4 is 0 Å². The maximum absolute atomic E-state index is 13.6. The molecule has 2 aromatic rings. The number of carbonyl (C=O) groups excluding carboxylic acids is 3. The fourth-order valence-electron chi connectivity index (χ4n) is 4.29. The van der Waals surface area contributed by atoms with E-state index < -0.39 is 5.41 Å². The van der Waals surface area contributed by atoms with Gasteiger partial charge in [0.15, 0.2) is 0 Å². The molecule has 1 heterocycles. The highest BCUT2D eigenvalue weighted by Gasteiger charge is 2.57. The molecule has 0 radical (unpaired) electrons. The molecule has 0 spiro atoms. The Hall–Kier alpha value is -2.99. The second-order valence-electron chi connectivity index (χ2n) is 8.49. The molecule has 1 saturated carbocycles. The fraction of sp³-hybridized carbons (Fsp3) is 0.400. The molecule has 1 aliphatic carbocycles. The first kappa shape index (κ1) is 21.2. The van der Waals surface area contributed by atoms with Crippen molar-refractivity contribution in [2.24, 2.45) is 0 Å². The van der Waals surface area contributed by atoms with Crippen molar-refractivity contribution < 1.29 is 19.1 Å². The number of methoxy groups -OCH3 is 1. The third-order valence-electron chi connectivity index (χ3n) is 6.32. The molecule has 1 unspecified atom stereocenters. The molecule has 6 nitrogen and oxygen atoms in total. The van der Waals surface area contributed by atoms with Gasteiger partial charge in [0.05, 0.1) is 12.0 Å². The van der Waals surface area contributed by atoms with Gasteiger partial charge in [-0.05, 0) is 29.5 Å². The molecular formula is C25H28N2O4. The van der Waals surface area contributed by atoms with E-state index in [1.54, 1.807) is 19.1 Å². The van der Waals surface area contributed by atoms with E-state index >= 15 is 0 Å². The number of likely N-dealkylation sites (tertiary alicyclic amines) is 1. The zero-order valence-electron chi connectivity index (χ0n) is 18.0. The van der Waals surface area contributed by atoms with Gasteiger partial charge in [-0.1, -0.05) is 54.6 Å². The van der Waals surface area contributed by atoms with Gasteiger partial charge in [0.2, 0.25) is 17.7 Å². The maximum Gasteiger partial charge on any atom is 0.241 e. The van der Waals surface area contributed by atoms with E-state index in [1.807, 2.05) is 54.6 Å². The van der Waals surface area contributed by atoms with Crippen LogP contribution in [0.1, 0.15) is 31.2 Å². The van der Waals surface area contributed by atoms with Crippen molar-refractivity contribution in [2.45, 2.75) is 37.1 Å². The number of amides is 3. The summed E-state index contributed by atoms with van der Waals surface area (Å²) in [6.07, 6.45) is 1.72. The number of imide groups is 1. The van der Waals surface area contributed by atoms with E-state index in [1.165, 1.54) is 4.90 Å². The minimum atomic E-state index is -1.15. The molecule has 162 valence electrons. The zero-order valence-corrected chi connectivity index (χ0v) is 18.0. The first-order valence-corrected chi connectivity index (χ1v) is 10.7. The zero-order chi connectivity index (χ0) is 22.0. The van der Waals surface area contributed by atoms with Crippen molar-refractivity contribution in [3.05, 3.63) is 60.2 Å². The normalized spacial score (nSPS) is 20.9. The Morgan fingerprint density at radius 3 is 2.32 bits per heavy atom. The highest BCUT2D eigenvalue weighted by atomic mass is 16.5. The van der Waals surface area contributed by atoms with Crippen LogP contribution in [0.25, 0.3) is 11.1 Å². The molecule has 0 bridgehead atoms. The van der Waals surface area contributed by atoms with Crippen LogP contribution in [0.3, 0.4) is 0 Å². The fourth-order valence-corrected chi connectivity index (χ4v) is 4.29. The summed E-state index contributed by atoms with van der Waals surface area (Å²) in [6, 6.07) is 17.7. The van der Waals surface area contributed by atoms with Crippen molar-refractivity contribution in [3.63, 3.8) is 0 Å². The van der Waals surface area contributed by atoms with Gasteiger partial charge >= 0.3 is 0 Å². The van der Waals surface area contributed by atoms with Crippen molar-refractivity contribution in [1.29, 1.82) is 0 Å². The number of benzene rings is 2. The minimum absolute atomic E-state index is 0.00760. The summed E-state index contributed by atoms with van der Waals surface area (Å²) in [6.45, 7) is 0.856. The Kier molecular flexibility index (Phi) is 5.92. The Labute approximate surface area is 182 Å². The van der Waals surface area contributed by atoms with Gasteiger partial charge in [0, 0.05) is 39.6 Å². The molecule has 2 fully saturated rings. The molecule has 1 atom stereocenters. The van der Waals surface area contributed by atoms with E-state index in [0.717, 1.165) is 29.5 Å². The molecule has 2 aliphatic rings. The lowest BCUT2D eigenvalue weighted by molar-refractivity contribution is -0.143. The van der Waals surface area contributed by atoms with E-state index in [0.29, 0.717) is 13.2 Å². The van der Waals surface area contributed by atoms with Crippen LogP contribution in [-0.2, 0) is 24.5 Å². The summed E-state index contributed by atoms with van der Waals surface area (Å²) in [5.74, 6) is -0.573. The van der Waals surface area contributed by atoms with Crippen LogP contribution in [0.4, 0.5) is 0 Å². The van der Waals surface area contributed by atoms with E-state index in [-0.39, 0.29) is 36.6 Å². The molecule has 1 saturated heterocycles. The standard InChI is InChI=1S/C25H28N2O4/c1-26(14-15-31-2)22(28)16-25(17-23(29)27(24(25)30)21-12-13-21)20-10-8-19(9-11-20)18-6-4-3-5-7-18/h3-11,21H,12-17H2,1-2H3. The molecule has 1 aliphatic heterocycles. The predicted octanol–water partition coefficient (Wildman–Crippen LogP) is 3.01. The number of ether oxygens (including phenoxy) is 1. The van der Waals surface area contributed by atoms with Gasteiger partial charge in [-0.2, -0.15) is 0 Å². The number of hydrogen-bond donors (Lipinski definition) is 0. The van der Waals surface area contributed by atoms with Crippen LogP contribution in [0.15, 0.2) is 54.6 Å². The summed E-state index contributed by atoms with van der Waals surface area (Å²) in [7, 11) is 3.29. The molecule has 2 aromatic carbocycles. The Bertz CT molecular complexity index is 969. The first-order valence-electron chi connectivity index (χ1n) is 10.7. The van der Waals surface area contributed by atoms with Crippen LogP contribution >= 0.6 is 0 Å². The van der Waals surface area contributed by atoms with E-state index in [2.05, 4.69) is 0 Å². The average molecular weight is 421 g/mol. The molecule has 3 amide bonds. The highest BCUT2D eigenvalue weighted by Crippen LogP contribution is 2.44. The van der Waals surface area contributed by atoms with Crippen LogP contribution in [0.2, 0.25) is 0 Å². The molecular weight excluding hydrogens is 392 g/mol. The summed E-state index contributed by atoms with van der Waals surface area (Å²) in [4.78, 5) is 42.4. The molecule has 6 heteroatoms. The Morgan fingerprint density at radius 2 is 1.71 bits per heavy atom. The van der Waals surface area contributed by atoms with Gasteiger partial charge < -0.3 is 9.64 Å². The smallest absolute Gasteiger partial charge is 0.241 e. The number of likely N-dealkylation sites (N-methyl/N-ethyl adjacent to an activating group) is 1. The van der Waals surface area contributed by atoms with Gasteiger partial charge in [-0.15, -0.1) is 0 Å².